The second-order valence-corrected chi connectivity index (χ2v) is 4.44. The van der Waals surface area contributed by atoms with Gasteiger partial charge in [0.05, 0.1) is 15.6 Å². The summed E-state index contributed by atoms with van der Waals surface area (Å²) in [6, 6.07) is 3.43. The lowest BCUT2D eigenvalue weighted by molar-refractivity contribution is -0.0365. The van der Waals surface area contributed by atoms with E-state index in [1.165, 1.54) is 0 Å². The number of aryl methyl sites for hydroxylation is 1. The third kappa shape index (κ3) is 1.92. The van der Waals surface area contributed by atoms with E-state index in [-0.39, 0.29) is 17.9 Å². The molecule has 0 saturated carbocycles. The van der Waals surface area contributed by atoms with E-state index in [0.717, 1.165) is 5.56 Å². The maximum absolute atomic E-state index is 9.61. The predicted octanol–water partition coefficient (Wildman–Crippen LogP) is 2.92. The van der Waals surface area contributed by atoms with Crippen LogP contribution in [0.15, 0.2) is 17.9 Å². The molecule has 1 aromatic carbocycles. The van der Waals surface area contributed by atoms with Crippen LogP contribution in [0, 0.1) is 6.92 Å². The number of aliphatic hydroxyl groups excluding tert-OH is 2. The Morgan fingerprint density at radius 2 is 1.88 bits per heavy atom. The minimum absolute atomic E-state index is 0.0307. The smallest absolute Gasteiger partial charge is 0.185 e. The summed E-state index contributed by atoms with van der Waals surface area (Å²) in [5, 5.41) is 20.0. The Hall–Kier alpha value is -0.740. The van der Waals surface area contributed by atoms with Gasteiger partial charge in [-0.15, -0.1) is 0 Å². The van der Waals surface area contributed by atoms with Crippen LogP contribution < -0.4 is 0 Å². The third-order valence-corrected chi connectivity index (χ3v) is 2.99. The van der Waals surface area contributed by atoms with Crippen LogP contribution in [0.2, 0.25) is 10.0 Å². The Labute approximate surface area is 103 Å². The first-order valence-corrected chi connectivity index (χ1v) is 5.44. The summed E-state index contributed by atoms with van der Waals surface area (Å²) >= 11 is 12.1. The first-order chi connectivity index (χ1) is 7.50. The van der Waals surface area contributed by atoms with Gasteiger partial charge in [0.1, 0.15) is 12.4 Å². The standard InChI is InChI=1S/C11H10Cl2O3/c1-5-2-6(12)9(7(13)3-5)10-8(14)4-16-11(10)15/h2-3,11,14-15H,4H2,1H3. The van der Waals surface area contributed by atoms with Crippen LogP contribution in [0.4, 0.5) is 0 Å². The second-order valence-electron chi connectivity index (χ2n) is 3.63. The first-order valence-electron chi connectivity index (χ1n) is 4.68. The highest BCUT2D eigenvalue weighted by molar-refractivity contribution is 6.37. The van der Waals surface area contributed by atoms with E-state index in [0.29, 0.717) is 15.6 Å². The highest BCUT2D eigenvalue weighted by Gasteiger charge is 2.29. The summed E-state index contributed by atoms with van der Waals surface area (Å²) in [7, 11) is 0. The molecule has 16 heavy (non-hydrogen) atoms. The number of rotatable bonds is 1. The Kier molecular flexibility index (Phi) is 3.13. The normalized spacial score (nSPS) is 20.6. The van der Waals surface area contributed by atoms with E-state index >= 15 is 0 Å². The zero-order valence-corrected chi connectivity index (χ0v) is 10.0. The van der Waals surface area contributed by atoms with Gasteiger partial charge in [0, 0.05) is 5.56 Å². The molecule has 1 unspecified atom stereocenters. The number of ether oxygens (including phenoxy) is 1. The Bertz CT molecular complexity index is 445. The minimum Gasteiger partial charge on any atom is -0.509 e. The van der Waals surface area contributed by atoms with E-state index < -0.39 is 6.29 Å². The molecule has 1 aliphatic rings. The average molecular weight is 261 g/mol. The molecule has 0 bridgehead atoms. The SMILES string of the molecule is Cc1cc(Cl)c(C2=C(O)COC2O)c(Cl)c1. The van der Waals surface area contributed by atoms with E-state index in [1.807, 2.05) is 6.92 Å². The first kappa shape index (κ1) is 11.7. The van der Waals surface area contributed by atoms with E-state index in [4.69, 9.17) is 27.9 Å². The monoisotopic (exact) mass is 260 g/mol. The zero-order chi connectivity index (χ0) is 11.9. The molecule has 0 radical (unpaired) electrons. The molecule has 0 spiro atoms. The van der Waals surface area contributed by atoms with Crippen molar-refractivity contribution in [1.29, 1.82) is 0 Å². The molecule has 86 valence electrons. The fourth-order valence-electron chi connectivity index (χ4n) is 1.69. The lowest BCUT2D eigenvalue weighted by Crippen LogP contribution is -2.08. The van der Waals surface area contributed by atoms with Gasteiger partial charge >= 0.3 is 0 Å². The van der Waals surface area contributed by atoms with Crippen LogP contribution in [0.5, 0.6) is 0 Å². The molecule has 0 aromatic heterocycles. The molecule has 2 rings (SSSR count). The summed E-state index contributed by atoms with van der Waals surface area (Å²) < 4.78 is 4.89. The van der Waals surface area contributed by atoms with Gasteiger partial charge in [-0.05, 0) is 24.6 Å². The summed E-state index contributed by atoms with van der Waals surface area (Å²) in [5.74, 6) is -0.0415. The van der Waals surface area contributed by atoms with Crippen molar-refractivity contribution in [2.24, 2.45) is 0 Å². The van der Waals surface area contributed by atoms with Crippen molar-refractivity contribution in [3.05, 3.63) is 39.1 Å². The lowest BCUT2D eigenvalue weighted by atomic mass is 10.0. The van der Waals surface area contributed by atoms with Gasteiger partial charge in [0.15, 0.2) is 6.29 Å². The molecule has 1 atom stereocenters. The highest BCUT2D eigenvalue weighted by atomic mass is 35.5. The topological polar surface area (TPSA) is 49.7 Å². The second kappa shape index (κ2) is 4.26. The van der Waals surface area contributed by atoms with Crippen LogP contribution >= 0.6 is 23.2 Å². The molecule has 5 heteroatoms. The molecule has 0 saturated heterocycles. The van der Waals surface area contributed by atoms with Crippen LogP contribution in [-0.4, -0.2) is 23.1 Å². The molecule has 3 nitrogen and oxygen atoms in total. The van der Waals surface area contributed by atoms with E-state index in [1.54, 1.807) is 12.1 Å². The van der Waals surface area contributed by atoms with Crippen LogP contribution in [-0.2, 0) is 4.74 Å². The molecule has 1 aliphatic heterocycles. The molecule has 1 heterocycles. The fourth-order valence-corrected chi connectivity index (χ4v) is 2.49. The highest BCUT2D eigenvalue weighted by Crippen LogP contribution is 2.38. The van der Waals surface area contributed by atoms with E-state index in [2.05, 4.69) is 0 Å². The van der Waals surface area contributed by atoms with Gasteiger partial charge in [-0.2, -0.15) is 0 Å². The number of hydrogen-bond acceptors (Lipinski definition) is 3. The van der Waals surface area contributed by atoms with Gasteiger partial charge in [0.2, 0.25) is 0 Å². The quantitative estimate of drug-likeness (QED) is 0.817. The maximum atomic E-state index is 9.61. The van der Waals surface area contributed by atoms with Gasteiger partial charge in [-0.1, -0.05) is 23.2 Å². The largest absolute Gasteiger partial charge is 0.509 e. The number of aliphatic hydroxyl groups is 2. The fraction of sp³-hybridized carbons (Fsp3) is 0.273. The molecule has 1 aromatic rings. The van der Waals surface area contributed by atoms with Crippen LogP contribution in [0.3, 0.4) is 0 Å². The lowest BCUT2D eigenvalue weighted by Gasteiger charge is -2.12. The van der Waals surface area contributed by atoms with Crippen LogP contribution in [0.1, 0.15) is 11.1 Å². The van der Waals surface area contributed by atoms with Crippen molar-refractivity contribution >= 4 is 28.8 Å². The van der Waals surface area contributed by atoms with Crippen LogP contribution in [0.25, 0.3) is 5.57 Å². The number of halogens is 2. The molecule has 0 fully saturated rings. The molecular weight excluding hydrogens is 251 g/mol. The Morgan fingerprint density at radius 1 is 1.31 bits per heavy atom. The van der Waals surface area contributed by atoms with Gasteiger partial charge in [-0.25, -0.2) is 0 Å². The third-order valence-electron chi connectivity index (χ3n) is 2.39. The molecule has 0 aliphatic carbocycles. The average Bonchev–Trinajstić information content (AvgIpc) is 2.47. The van der Waals surface area contributed by atoms with Gasteiger partial charge < -0.3 is 14.9 Å². The van der Waals surface area contributed by atoms with Crippen molar-refractivity contribution in [2.45, 2.75) is 13.2 Å². The molecule has 2 N–H and O–H groups in total. The summed E-state index contributed by atoms with van der Waals surface area (Å²) in [4.78, 5) is 0. The number of hydrogen-bond donors (Lipinski definition) is 2. The maximum Gasteiger partial charge on any atom is 0.185 e. The van der Waals surface area contributed by atoms with Crippen molar-refractivity contribution < 1.29 is 14.9 Å². The summed E-state index contributed by atoms with van der Waals surface area (Å²) in [6.45, 7) is 1.83. The predicted molar refractivity (Wildman–Crippen MR) is 62.7 cm³/mol. The summed E-state index contributed by atoms with van der Waals surface area (Å²) in [6.07, 6.45) is -1.18. The van der Waals surface area contributed by atoms with Gasteiger partial charge in [-0.3, -0.25) is 0 Å². The summed E-state index contributed by atoms with van der Waals surface area (Å²) in [5.41, 5.74) is 1.58. The molecular formula is C11H10Cl2O3. The Balaban J connectivity index is 2.61. The zero-order valence-electron chi connectivity index (χ0n) is 8.50. The van der Waals surface area contributed by atoms with Gasteiger partial charge in [0.25, 0.3) is 0 Å². The van der Waals surface area contributed by atoms with Crippen molar-refractivity contribution in [2.75, 3.05) is 6.61 Å². The van der Waals surface area contributed by atoms with Crippen molar-refractivity contribution in [1.82, 2.24) is 0 Å². The minimum atomic E-state index is -1.18. The Morgan fingerprint density at radius 3 is 2.31 bits per heavy atom. The van der Waals surface area contributed by atoms with Crippen molar-refractivity contribution in [3.63, 3.8) is 0 Å². The number of benzene rings is 1. The molecule has 0 amide bonds. The van der Waals surface area contributed by atoms with Crippen molar-refractivity contribution in [3.8, 4) is 0 Å². The van der Waals surface area contributed by atoms with E-state index in [9.17, 15) is 10.2 Å².